The molecule has 1 saturated heterocycles. The normalized spacial score (nSPS) is 21.6. The average Bonchev–Trinajstić information content (AvgIpc) is 2.63. The smallest absolute Gasteiger partial charge is 0.263 e. The third-order valence-electron chi connectivity index (χ3n) is 4.22. The predicted molar refractivity (Wildman–Crippen MR) is 97.9 cm³/mol. The first-order chi connectivity index (χ1) is 12.0. The fourth-order valence-electron chi connectivity index (χ4n) is 3.01. The number of amides is 1. The number of hydrogen-bond acceptors (Lipinski definition) is 3. The van der Waals surface area contributed by atoms with Crippen molar-refractivity contribution in [2.45, 2.75) is 32.2 Å². The Morgan fingerprint density at radius 2 is 1.84 bits per heavy atom. The summed E-state index contributed by atoms with van der Waals surface area (Å²) in [5, 5.41) is 0.638. The van der Waals surface area contributed by atoms with Gasteiger partial charge in [0.25, 0.3) is 5.91 Å². The van der Waals surface area contributed by atoms with E-state index in [1.54, 1.807) is 31.2 Å². The first kappa shape index (κ1) is 17.8. The molecule has 3 atom stereocenters. The molecule has 3 rings (SSSR count). The Hall–Kier alpha value is -2.04. The molecule has 0 radical (unpaired) electrons. The number of nitrogens with zero attached hydrogens (tertiary/aromatic N) is 1. The van der Waals surface area contributed by atoms with Gasteiger partial charge in [-0.25, -0.2) is 0 Å². The van der Waals surface area contributed by atoms with Crippen molar-refractivity contribution in [3.63, 3.8) is 0 Å². The second-order valence-corrected chi connectivity index (χ2v) is 6.74. The van der Waals surface area contributed by atoms with Gasteiger partial charge in [-0.05, 0) is 43.7 Å². The Morgan fingerprint density at radius 1 is 1.16 bits per heavy atom. The third-order valence-corrected chi connectivity index (χ3v) is 4.47. The zero-order valence-corrected chi connectivity index (χ0v) is 15.1. The summed E-state index contributed by atoms with van der Waals surface area (Å²) in [6.45, 7) is 4.85. The number of hydrogen-bond donors (Lipinski definition) is 0. The minimum absolute atomic E-state index is 0.0226. The molecular weight excluding hydrogens is 338 g/mol. The van der Waals surface area contributed by atoms with Gasteiger partial charge in [0, 0.05) is 11.6 Å². The highest BCUT2D eigenvalue weighted by Crippen LogP contribution is 2.26. The van der Waals surface area contributed by atoms with E-state index in [9.17, 15) is 4.79 Å². The average molecular weight is 360 g/mol. The molecule has 132 valence electrons. The van der Waals surface area contributed by atoms with Crippen LogP contribution in [-0.4, -0.2) is 36.1 Å². The molecule has 1 fully saturated rings. The molecule has 0 aliphatic carbocycles. The maximum atomic E-state index is 12.8. The van der Waals surface area contributed by atoms with Crippen LogP contribution in [0.25, 0.3) is 0 Å². The van der Waals surface area contributed by atoms with Crippen LogP contribution in [0, 0.1) is 0 Å². The lowest BCUT2D eigenvalue weighted by Gasteiger charge is -2.38. The van der Waals surface area contributed by atoms with Crippen molar-refractivity contribution in [1.82, 2.24) is 4.90 Å². The second-order valence-electron chi connectivity index (χ2n) is 6.30. The van der Waals surface area contributed by atoms with E-state index in [2.05, 4.69) is 0 Å². The summed E-state index contributed by atoms with van der Waals surface area (Å²) in [6, 6.07) is 17.0. The van der Waals surface area contributed by atoms with Crippen LogP contribution in [0.15, 0.2) is 54.6 Å². The summed E-state index contributed by atoms with van der Waals surface area (Å²) in [6.07, 6.45) is -0.704. The van der Waals surface area contributed by atoms with E-state index in [-0.39, 0.29) is 18.1 Å². The number of carbonyl (C=O) groups is 1. The topological polar surface area (TPSA) is 38.8 Å². The molecule has 1 heterocycles. The number of rotatable bonds is 4. The Kier molecular flexibility index (Phi) is 5.61. The number of morpholine rings is 1. The SMILES string of the molecule is C[C@@H]1CN(C(=O)[C@@H](C)Oc2ccc(Cl)cc2)C[C@H](c2ccccc2)O1. The van der Waals surface area contributed by atoms with E-state index < -0.39 is 6.10 Å². The number of ether oxygens (including phenoxy) is 2. The zero-order valence-electron chi connectivity index (χ0n) is 14.4. The standard InChI is InChI=1S/C20H22ClNO3/c1-14-12-22(13-19(24-14)16-6-4-3-5-7-16)20(23)15(2)25-18-10-8-17(21)9-11-18/h3-11,14-15,19H,12-13H2,1-2H3/t14-,15-,19-/m1/s1. The van der Waals surface area contributed by atoms with Gasteiger partial charge in [0.2, 0.25) is 0 Å². The molecule has 1 amide bonds. The summed E-state index contributed by atoms with van der Waals surface area (Å²) in [5.41, 5.74) is 1.08. The van der Waals surface area contributed by atoms with Crippen molar-refractivity contribution in [2.24, 2.45) is 0 Å². The third kappa shape index (κ3) is 4.53. The maximum absolute atomic E-state index is 12.8. The molecule has 1 aliphatic heterocycles. The van der Waals surface area contributed by atoms with Gasteiger partial charge in [0.15, 0.2) is 6.10 Å². The quantitative estimate of drug-likeness (QED) is 0.825. The van der Waals surface area contributed by atoms with E-state index in [0.29, 0.717) is 23.9 Å². The summed E-state index contributed by atoms with van der Waals surface area (Å²) < 4.78 is 11.8. The van der Waals surface area contributed by atoms with Crippen molar-refractivity contribution in [3.05, 3.63) is 65.2 Å². The van der Waals surface area contributed by atoms with Gasteiger partial charge >= 0.3 is 0 Å². The first-order valence-corrected chi connectivity index (χ1v) is 8.82. The highest BCUT2D eigenvalue weighted by molar-refractivity contribution is 6.30. The predicted octanol–water partition coefficient (Wildman–Crippen LogP) is 4.10. The van der Waals surface area contributed by atoms with Crippen molar-refractivity contribution in [1.29, 1.82) is 0 Å². The highest BCUT2D eigenvalue weighted by atomic mass is 35.5. The number of carbonyl (C=O) groups excluding carboxylic acids is 1. The second kappa shape index (κ2) is 7.89. The lowest BCUT2D eigenvalue weighted by molar-refractivity contribution is -0.151. The fraction of sp³-hybridized carbons (Fsp3) is 0.350. The fourth-order valence-corrected chi connectivity index (χ4v) is 3.13. The van der Waals surface area contributed by atoms with E-state index in [0.717, 1.165) is 5.56 Å². The molecule has 4 nitrogen and oxygen atoms in total. The minimum atomic E-state index is -0.567. The Morgan fingerprint density at radius 3 is 2.52 bits per heavy atom. The molecule has 25 heavy (non-hydrogen) atoms. The minimum Gasteiger partial charge on any atom is -0.481 e. The molecule has 0 unspecified atom stereocenters. The van der Waals surface area contributed by atoms with E-state index in [4.69, 9.17) is 21.1 Å². The first-order valence-electron chi connectivity index (χ1n) is 8.44. The molecule has 5 heteroatoms. The molecule has 0 N–H and O–H groups in total. The van der Waals surface area contributed by atoms with E-state index >= 15 is 0 Å². The van der Waals surface area contributed by atoms with Crippen molar-refractivity contribution >= 4 is 17.5 Å². The molecule has 1 aliphatic rings. The van der Waals surface area contributed by atoms with Gasteiger partial charge in [0.1, 0.15) is 11.9 Å². The van der Waals surface area contributed by atoms with E-state index in [1.165, 1.54) is 0 Å². The van der Waals surface area contributed by atoms with Gasteiger partial charge in [0.05, 0.1) is 12.6 Å². The van der Waals surface area contributed by atoms with E-state index in [1.807, 2.05) is 42.2 Å². The monoisotopic (exact) mass is 359 g/mol. The van der Waals surface area contributed by atoms with Crippen LogP contribution in [0.1, 0.15) is 25.5 Å². The summed E-state index contributed by atoms with van der Waals surface area (Å²) in [7, 11) is 0. The molecule has 0 bridgehead atoms. The molecule has 0 saturated carbocycles. The Bertz CT molecular complexity index is 705. The van der Waals surface area contributed by atoms with Gasteiger partial charge in [-0.15, -0.1) is 0 Å². The van der Waals surface area contributed by atoms with Crippen LogP contribution in [0.2, 0.25) is 5.02 Å². The molecule has 2 aromatic carbocycles. The van der Waals surface area contributed by atoms with Gasteiger partial charge in [-0.2, -0.15) is 0 Å². The van der Waals surface area contributed by atoms with Crippen LogP contribution in [-0.2, 0) is 9.53 Å². The lowest BCUT2D eigenvalue weighted by Crippen LogP contribution is -2.50. The van der Waals surface area contributed by atoms with Crippen LogP contribution < -0.4 is 4.74 Å². The van der Waals surface area contributed by atoms with Gasteiger partial charge in [-0.1, -0.05) is 41.9 Å². The van der Waals surface area contributed by atoms with Crippen molar-refractivity contribution < 1.29 is 14.3 Å². The van der Waals surface area contributed by atoms with Crippen LogP contribution >= 0.6 is 11.6 Å². The maximum Gasteiger partial charge on any atom is 0.263 e. The molecular formula is C20H22ClNO3. The van der Waals surface area contributed by atoms with Crippen LogP contribution in [0.5, 0.6) is 5.75 Å². The summed E-state index contributed by atoms with van der Waals surface area (Å²) in [4.78, 5) is 14.6. The van der Waals surface area contributed by atoms with Gasteiger partial charge < -0.3 is 14.4 Å². The summed E-state index contributed by atoms with van der Waals surface area (Å²) >= 11 is 5.88. The van der Waals surface area contributed by atoms with Crippen LogP contribution in [0.4, 0.5) is 0 Å². The van der Waals surface area contributed by atoms with Crippen molar-refractivity contribution in [2.75, 3.05) is 13.1 Å². The van der Waals surface area contributed by atoms with Gasteiger partial charge in [-0.3, -0.25) is 4.79 Å². The zero-order chi connectivity index (χ0) is 17.8. The number of benzene rings is 2. The highest BCUT2D eigenvalue weighted by Gasteiger charge is 2.32. The summed E-state index contributed by atoms with van der Waals surface area (Å²) in [5.74, 6) is 0.595. The largest absolute Gasteiger partial charge is 0.481 e. The Balaban J connectivity index is 1.66. The van der Waals surface area contributed by atoms with Crippen molar-refractivity contribution in [3.8, 4) is 5.75 Å². The molecule has 2 aromatic rings. The Labute approximate surface area is 153 Å². The molecule has 0 spiro atoms. The molecule has 0 aromatic heterocycles. The van der Waals surface area contributed by atoms with Crippen LogP contribution in [0.3, 0.4) is 0 Å². The lowest BCUT2D eigenvalue weighted by atomic mass is 10.1. The number of halogens is 1.